The van der Waals surface area contributed by atoms with Gasteiger partial charge in [-0.2, -0.15) is 0 Å². The van der Waals surface area contributed by atoms with Crippen LogP contribution in [-0.4, -0.2) is 0 Å². The SMILES string of the molecule is CC(C)c1ccc2c(c1-c1cc3c(cc1N(c1ccc(-c4ccccc4)cc1)c1ccccc1-c1ccccc1)C1(c4ccccc4-c4ccccc41)c1ccccc1-3)C(C)(C)CCC2(C)C. The van der Waals surface area contributed by atoms with Crippen LogP contribution in [0.4, 0.5) is 17.1 Å². The molecule has 12 rings (SSSR count). The second-order valence-corrected chi connectivity index (χ2v) is 20.8. The second-order valence-electron chi connectivity index (χ2n) is 20.8. The zero-order valence-corrected chi connectivity index (χ0v) is 39.6. The van der Waals surface area contributed by atoms with E-state index in [-0.39, 0.29) is 10.8 Å². The van der Waals surface area contributed by atoms with Crippen molar-refractivity contribution < 1.29 is 0 Å². The fourth-order valence-corrected chi connectivity index (χ4v) is 12.4. The molecule has 67 heavy (non-hydrogen) atoms. The van der Waals surface area contributed by atoms with Crippen LogP contribution in [0.5, 0.6) is 0 Å². The Bertz CT molecular complexity index is 3320. The standard InChI is InChI=1S/C66H57N/c1-43(2)48-37-38-58-63(65(5,6)40-39-64(58,3)4)62(48)54-41-53-52-28-15-19-31-57(52)66(55-29-17-13-26-50(55)51-27-14-18-30-56(51)66)59(53)42-61(54)67(47-35-33-45(34-36-47)44-21-9-7-10-22-44)60-32-20-16-25-49(60)46-23-11-8-12-24-46/h7-38,41-43H,39-40H2,1-6H3. The van der Waals surface area contributed by atoms with Gasteiger partial charge in [0, 0.05) is 16.8 Å². The third-order valence-electron chi connectivity index (χ3n) is 15.7. The van der Waals surface area contributed by atoms with Crippen molar-refractivity contribution in [3.63, 3.8) is 0 Å². The molecule has 0 bridgehead atoms. The molecule has 3 aliphatic rings. The Hall–Kier alpha value is -7.22. The first-order valence-electron chi connectivity index (χ1n) is 24.3. The van der Waals surface area contributed by atoms with Gasteiger partial charge in [0.15, 0.2) is 0 Å². The van der Waals surface area contributed by atoms with Gasteiger partial charge in [-0.05, 0) is 143 Å². The van der Waals surface area contributed by atoms with E-state index >= 15 is 0 Å². The lowest BCUT2D eigenvalue weighted by molar-refractivity contribution is 0.332. The minimum absolute atomic E-state index is 0.0345. The van der Waals surface area contributed by atoms with Crippen LogP contribution in [0.1, 0.15) is 99.2 Å². The van der Waals surface area contributed by atoms with E-state index in [4.69, 9.17) is 0 Å². The first-order valence-corrected chi connectivity index (χ1v) is 24.3. The van der Waals surface area contributed by atoms with Crippen LogP contribution >= 0.6 is 0 Å². The van der Waals surface area contributed by atoms with Gasteiger partial charge in [-0.1, -0.05) is 217 Å². The maximum Gasteiger partial charge on any atom is 0.0726 e. The molecule has 0 atom stereocenters. The van der Waals surface area contributed by atoms with E-state index in [2.05, 4.69) is 253 Å². The molecule has 0 unspecified atom stereocenters. The van der Waals surface area contributed by atoms with E-state index in [1.807, 2.05) is 0 Å². The van der Waals surface area contributed by atoms with Gasteiger partial charge in [0.25, 0.3) is 0 Å². The molecular formula is C66H57N. The molecule has 0 fully saturated rings. The molecule has 1 nitrogen and oxygen atoms in total. The molecule has 1 heteroatoms. The Balaban J connectivity index is 1.26. The van der Waals surface area contributed by atoms with Crippen molar-refractivity contribution >= 4 is 17.1 Å². The van der Waals surface area contributed by atoms with Gasteiger partial charge in [0.2, 0.25) is 0 Å². The van der Waals surface area contributed by atoms with E-state index in [1.165, 1.54) is 100 Å². The molecule has 1 spiro atoms. The number of hydrogen-bond donors (Lipinski definition) is 0. The molecule has 0 aliphatic heterocycles. The molecule has 0 saturated carbocycles. The Morgan fingerprint density at radius 2 is 0.866 bits per heavy atom. The predicted octanol–water partition coefficient (Wildman–Crippen LogP) is 18.0. The summed E-state index contributed by atoms with van der Waals surface area (Å²) in [4.78, 5) is 2.61. The summed E-state index contributed by atoms with van der Waals surface area (Å²) in [5, 5.41) is 0. The Kier molecular flexibility index (Phi) is 9.49. The summed E-state index contributed by atoms with van der Waals surface area (Å²) < 4.78 is 0. The number of para-hydroxylation sites is 1. The van der Waals surface area contributed by atoms with Crippen molar-refractivity contribution in [2.75, 3.05) is 4.90 Å². The summed E-state index contributed by atoms with van der Waals surface area (Å²) in [7, 11) is 0. The third kappa shape index (κ3) is 6.20. The minimum atomic E-state index is -0.508. The quantitative estimate of drug-likeness (QED) is 0.154. The number of hydrogen-bond acceptors (Lipinski definition) is 1. The van der Waals surface area contributed by atoms with Crippen molar-refractivity contribution in [3.8, 4) is 55.6 Å². The molecule has 0 N–H and O–H groups in total. The van der Waals surface area contributed by atoms with E-state index in [1.54, 1.807) is 0 Å². The molecular weight excluding hydrogens is 807 g/mol. The lowest BCUT2D eigenvalue weighted by atomic mass is 9.60. The topological polar surface area (TPSA) is 3.24 Å². The average molecular weight is 864 g/mol. The minimum Gasteiger partial charge on any atom is -0.309 e. The third-order valence-corrected chi connectivity index (χ3v) is 15.7. The highest BCUT2D eigenvalue weighted by atomic mass is 15.1. The lowest BCUT2D eigenvalue weighted by Crippen LogP contribution is -2.35. The summed E-state index contributed by atoms with van der Waals surface area (Å²) in [5.41, 5.74) is 25.5. The summed E-state index contributed by atoms with van der Waals surface area (Å²) in [6.45, 7) is 14.7. The number of rotatable bonds is 7. The maximum absolute atomic E-state index is 2.64. The normalized spacial score (nSPS) is 15.4. The number of fused-ring (bicyclic) bond motifs is 11. The van der Waals surface area contributed by atoms with E-state index < -0.39 is 5.41 Å². The second kappa shape index (κ2) is 15.4. The lowest BCUT2D eigenvalue weighted by Gasteiger charge is -2.44. The van der Waals surface area contributed by atoms with Crippen molar-refractivity contribution in [2.24, 2.45) is 0 Å². The molecule has 9 aromatic rings. The molecule has 9 aromatic carbocycles. The van der Waals surface area contributed by atoms with E-state index in [0.717, 1.165) is 24.2 Å². The van der Waals surface area contributed by atoms with Crippen LogP contribution in [0.15, 0.2) is 206 Å². The molecule has 0 radical (unpaired) electrons. The van der Waals surface area contributed by atoms with Gasteiger partial charge >= 0.3 is 0 Å². The molecule has 0 heterocycles. The molecule has 326 valence electrons. The zero-order chi connectivity index (χ0) is 45.7. The predicted molar refractivity (Wildman–Crippen MR) is 283 cm³/mol. The summed E-state index contributed by atoms with van der Waals surface area (Å²) in [5.74, 6) is 0.296. The number of benzene rings is 9. The Morgan fingerprint density at radius 3 is 1.46 bits per heavy atom. The first kappa shape index (κ1) is 41.2. The Morgan fingerprint density at radius 1 is 0.373 bits per heavy atom. The Labute approximate surface area is 397 Å². The first-order chi connectivity index (χ1) is 32.6. The van der Waals surface area contributed by atoms with E-state index in [0.29, 0.717) is 5.92 Å². The van der Waals surface area contributed by atoms with Gasteiger partial charge < -0.3 is 4.90 Å². The summed E-state index contributed by atoms with van der Waals surface area (Å²) in [6, 6.07) is 78.0. The van der Waals surface area contributed by atoms with Gasteiger partial charge in [-0.15, -0.1) is 0 Å². The molecule has 0 saturated heterocycles. The van der Waals surface area contributed by atoms with E-state index in [9.17, 15) is 0 Å². The molecule has 3 aliphatic carbocycles. The zero-order valence-electron chi connectivity index (χ0n) is 39.6. The van der Waals surface area contributed by atoms with Gasteiger partial charge in [0.1, 0.15) is 0 Å². The highest BCUT2D eigenvalue weighted by Gasteiger charge is 2.52. The monoisotopic (exact) mass is 863 g/mol. The summed E-state index contributed by atoms with van der Waals surface area (Å²) in [6.07, 6.45) is 2.28. The van der Waals surface area contributed by atoms with Crippen LogP contribution < -0.4 is 4.90 Å². The maximum atomic E-state index is 2.64. The van der Waals surface area contributed by atoms with Gasteiger partial charge in [-0.3, -0.25) is 0 Å². The van der Waals surface area contributed by atoms with Gasteiger partial charge in [-0.25, -0.2) is 0 Å². The molecule has 0 aromatic heterocycles. The average Bonchev–Trinajstić information content (AvgIpc) is 3.82. The van der Waals surface area contributed by atoms with Crippen LogP contribution in [0, 0.1) is 0 Å². The fraction of sp³-hybridized carbons (Fsp3) is 0.182. The highest BCUT2D eigenvalue weighted by Crippen LogP contribution is 2.65. The van der Waals surface area contributed by atoms with Crippen molar-refractivity contribution in [1.82, 2.24) is 0 Å². The van der Waals surface area contributed by atoms with Crippen LogP contribution in [0.2, 0.25) is 0 Å². The number of anilines is 3. The molecule has 0 amide bonds. The van der Waals surface area contributed by atoms with Crippen molar-refractivity contribution in [1.29, 1.82) is 0 Å². The smallest absolute Gasteiger partial charge is 0.0726 e. The number of nitrogens with zero attached hydrogens (tertiary/aromatic N) is 1. The largest absolute Gasteiger partial charge is 0.309 e. The van der Waals surface area contributed by atoms with Crippen LogP contribution in [0.25, 0.3) is 55.6 Å². The van der Waals surface area contributed by atoms with Crippen molar-refractivity contribution in [2.45, 2.75) is 76.5 Å². The fourth-order valence-electron chi connectivity index (χ4n) is 12.4. The van der Waals surface area contributed by atoms with Gasteiger partial charge in [0.05, 0.1) is 16.8 Å². The van der Waals surface area contributed by atoms with Crippen LogP contribution in [0.3, 0.4) is 0 Å². The summed E-state index contributed by atoms with van der Waals surface area (Å²) >= 11 is 0. The highest BCUT2D eigenvalue weighted by molar-refractivity contribution is 6.02. The van der Waals surface area contributed by atoms with Crippen LogP contribution in [-0.2, 0) is 16.2 Å². The van der Waals surface area contributed by atoms with Crippen molar-refractivity contribution in [3.05, 3.63) is 245 Å².